The maximum atomic E-state index is 8.88. The first-order valence-electron chi connectivity index (χ1n) is 1.57. The quantitative estimate of drug-likeness (QED) is 0.190. The molecule has 14 heavy (non-hydrogen) atoms. The fourth-order valence-corrected chi connectivity index (χ4v) is 0. The molecule has 0 aliphatic rings. The molecule has 0 atom stereocenters. The smallest absolute Gasteiger partial charge is 1.00 e. The zero-order valence-electron chi connectivity index (χ0n) is 9.22. The molecule has 0 aliphatic carbocycles. The maximum absolute atomic E-state index is 8.88. The van der Waals surface area contributed by atoms with Gasteiger partial charge in [-0.25, -0.2) is 9.13 Å². The molecule has 2 radical (unpaired) electrons. The Bertz CT molecular complexity index is 146. The van der Waals surface area contributed by atoms with E-state index in [1.807, 2.05) is 0 Å². The molecule has 0 aliphatic heterocycles. The molecular weight excluding hydrogens is 310 g/mol. The zero-order chi connectivity index (χ0) is 9.00. The first-order chi connectivity index (χ1) is 4.00. The number of phosphoric acid groups is 2. The van der Waals surface area contributed by atoms with Gasteiger partial charge < -0.3 is 32.2 Å². The van der Waals surface area contributed by atoms with Crippen LogP contribution in [0.15, 0.2) is 0 Å². The molecule has 0 aromatic heterocycles. The Balaban J connectivity index is -0.00000000970. The molecule has 8 nitrogen and oxygen atoms in total. The van der Waals surface area contributed by atoms with Gasteiger partial charge in [0, 0.05) is 35.6 Å². The van der Waals surface area contributed by atoms with Gasteiger partial charge in [-0.2, -0.15) is 0 Å². The van der Waals surface area contributed by atoms with E-state index < -0.39 is 15.6 Å². The second kappa shape index (κ2) is 15.5. The Morgan fingerprint density at radius 2 is 0.714 bits per heavy atom. The number of hydrogen-bond donors (Lipinski definition) is 6. The first kappa shape index (κ1) is 36.0. The number of rotatable bonds is 0. The molecule has 0 bridgehead atoms. The molecule has 0 unspecified atom stereocenters. The first-order valence-corrected chi connectivity index (χ1v) is 4.70. The van der Waals surface area contributed by atoms with Crippen molar-refractivity contribution in [1.29, 1.82) is 0 Å². The second-order valence-electron chi connectivity index (χ2n) is 1.03. The predicted molar refractivity (Wildman–Crippen MR) is 30.7 cm³/mol. The normalized spacial score (nSPS) is 8.43. The second-order valence-corrected chi connectivity index (χ2v) is 3.08. The van der Waals surface area contributed by atoms with Crippen LogP contribution in [0.5, 0.6) is 0 Å². The third-order valence-electron chi connectivity index (χ3n) is 0. The molecule has 0 saturated carbocycles. The summed E-state index contributed by atoms with van der Waals surface area (Å²) >= 11 is 0. The Morgan fingerprint density at radius 3 is 0.714 bits per heavy atom. The van der Waals surface area contributed by atoms with E-state index in [-0.39, 0.29) is 76.2 Å². The van der Waals surface area contributed by atoms with Gasteiger partial charge in [-0.1, -0.05) is 0 Å². The van der Waals surface area contributed by atoms with Crippen molar-refractivity contribution >= 4 is 15.6 Å². The molecule has 0 rings (SSSR count). The standard InChI is InChI=1S/2Li.Mn.2H3O4P.V.2H/c;;;2*1-5(2,3)4;;;/h;;;2*(H3,1,2,3,4);;;/q2*+1;;;;;2*-1. The SMILES string of the molecule is O=P(O)(O)O.O=P(O)(O)O.[H-].[H-].[Li+].[Li+].[Mn].[V]. The van der Waals surface area contributed by atoms with Crippen molar-refractivity contribution in [2.45, 2.75) is 0 Å². The molecule has 0 aromatic rings. The van der Waals surface area contributed by atoms with Crippen LogP contribution in [-0.4, -0.2) is 29.4 Å². The van der Waals surface area contributed by atoms with Gasteiger partial charge in [-0.05, 0) is 0 Å². The summed E-state index contributed by atoms with van der Waals surface area (Å²) in [5.41, 5.74) is 0. The van der Waals surface area contributed by atoms with Crippen LogP contribution >= 0.6 is 15.6 Å². The van der Waals surface area contributed by atoms with Crippen LogP contribution < -0.4 is 37.7 Å². The summed E-state index contributed by atoms with van der Waals surface area (Å²) in [6.07, 6.45) is 0. The van der Waals surface area contributed by atoms with Crippen LogP contribution in [0.2, 0.25) is 0 Å². The molecule has 80 valence electrons. The van der Waals surface area contributed by atoms with Crippen LogP contribution in [0, 0.1) is 0 Å². The molecular formula is H8Li2MnO8P2V. The summed E-state index contributed by atoms with van der Waals surface area (Å²) in [6, 6.07) is 0. The van der Waals surface area contributed by atoms with Crippen LogP contribution in [0.25, 0.3) is 0 Å². The maximum Gasteiger partial charge on any atom is 1.00 e. The van der Waals surface area contributed by atoms with E-state index in [9.17, 15) is 0 Å². The van der Waals surface area contributed by atoms with Gasteiger partial charge in [0.1, 0.15) is 0 Å². The molecule has 14 heteroatoms. The van der Waals surface area contributed by atoms with Crippen LogP contribution in [0.1, 0.15) is 2.85 Å². The Kier molecular flexibility index (Phi) is 39.9. The molecule has 0 aromatic carbocycles. The van der Waals surface area contributed by atoms with Crippen molar-refractivity contribution in [3.8, 4) is 0 Å². The summed E-state index contributed by atoms with van der Waals surface area (Å²) in [5.74, 6) is 0. The molecule has 0 saturated heterocycles. The third kappa shape index (κ3) is 418. The fraction of sp³-hybridized carbons (Fsp3) is 0. The minimum absolute atomic E-state index is 0. The van der Waals surface area contributed by atoms with E-state index in [0.717, 1.165) is 0 Å². The van der Waals surface area contributed by atoms with Gasteiger partial charge in [0.25, 0.3) is 0 Å². The summed E-state index contributed by atoms with van der Waals surface area (Å²) < 4.78 is 17.8. The van der Waals surface area contributed by atoms with Crippen molar-refractivity contribution in [1.82, 2.24) is 0 Å². The van der Waals surface area contributed by atoms with E-state index in [0.29, 0.717) is 0 Å². The minimum Gasteiger partial charge on any atom is -1.00 e. The molecule has 0 spiro atoms. The van der Waals surface area contributed by atoms with Gasteiger partial charge in [0.15, 0.2) is 0 Å². The summed E-state index contributed by atoms with van der Waals surface area (Å²) in [4.78, 5) is 43.1. The fourth-order valence-electron chi connectivity index (χ4n) is 0. The van der Waals surface area contributed by atoms with Gasteiger partial charge in [-0.3, -0.25) is 0 Å². The Labute approximate surface area is 129 Å². The average molecular weight is 318 g/mol. The molecule has 0 heterocycles. The monoisotopic (exact) mass is 318 g/mol. The Morgan fingerprint density at radius 1 is 0.714 bits per heavy atom. The van der Waals surface area contributed by atoms with E-state index in [4.69, 9.17) is 38.5 Å². The minimum atomic E-state index is -4.64. The van der Waals surface area contributed by atoms with Gasteiger partial charge in [0.05, 0.1) is 0 Å². The van der Waals surface area contributed by atoms with Crippen LogP contribution in [0.4, 0.5) is 0 Å². The summed E-state index contributed by atoms with van der Waals surface area (Å²) in [7, 11) is -9.28. The third-order valence-corrected chi connectivity index (χ3v) is 0. The van der Waals surface area contributed by atoms with E-state index >= 15 is 0 Å². The summed E-state index contributed by atoms with van der Waals surface area (Å²) in [6.45, 7) is 0. The molecule has 6 N–H and O–H groups in total. The van der Waals surface area contributed by atoms with Crippen molar-refractivity contribution < 1.29 is 115 Å². The average Bonchev–Trinajstić information content (AvgIpc) is 1.12. The van der Waals surface area contributed by atoms with E-state index in [1.54, 1.807) is 0 Å². The summed E-state index contributed by atoms with van der Waals surface area (Å²) in [5, 5.41) is 0. The Hall–Kier alpha value is 2.52. The van der Waals surface area contributed by atoms with E-state index in [2.05, 4.69) is 0 Å². The topological polar surface area (TPSA) is 156 Å². The molecule has 0 amide bonds. The van der Waals surface area contributed by atoms with Crippen molar-refractivity contribution in [3.05, 3.63) is 0 Å². The molecule has 0 fully saturated rings. The van der Waals surface area contributed by atoms with Crippen molar-refractivity contribution in [3.63, 3.8) is 0 Å². The van der Waals surface area contributed by atoms with Gasteiger partial charge in [0.2, 0.25) is 0 Å². The predicted octanol–water partition coefficient (Wildman–Crippen LogP) is -7.63. The zero-order valence-corrected chi connectivity index (χ0v) is 11.6. The van der Waals surface area contributed by atoms with Crippen LogP contribution in [0.3, 0.4) is 0 Å². The van der Waals surface area contributed by atoms with Crippen molar-refractivity contribution in [2.24, 2.45) is 0 Å². The number of hydrogen-bond acceptors (Lipinski definition) is 2. The van der Waals surface area contributed by atoms with Gasteiger partial charge >= 0.3 is 53.4 Å². The van der Waals surface area contributed by atoms with Crippen molar-refractivity contribution in [2.75, 3.05) is 0 Å². The van der Waals surface area contributed by atoms with E-state index in [1.165, 1.54) is 0 Å². The van der Waals surface area contributed by atoms with Gasteiger partial charge in [-0.15, -0.1) is 0 Å². The van der Waals surface area contributed by atoms with Crippen LogP contribution in [-0.2, 0) is 44.8 Å². The largest absolute Gasteiger partial charge is 1.00 e.